The van der Waals surface area contributed by atoms with Crippen LogP contribution in [0, 0.1) is 16.0 Å². The number of carbonyl (C=O) groups is 1. The van der Waals surface area contributed by atoms with Crippen LogP contribution < -0.4 is 11.1 Å². The number of aromatic nitrogens is 2. The van der Waals surface area contributed by atoms with Crippen LogP contribution in [0.25, 0.3) is 5.69 Å². The van der Waals surface area contributed by atoms with Gasteiger partial charge in [0, 0.05) is 18.3 Å². The van der Waals surface area contributed by atoms with E-state index >= 15 is 0 Å². The van der Waals surface area contributed by atoms with Crippen molar-refractivity contribution in [1.29, 1.82) is 0 Å². The van der Waals surface area contributed by atoms with Gasteiger partial charge in [0.05, 0.1) is 4.92 Å². The van der Waals surface area contributed by atoms with Crippen molar-refractivity contribution in [3.63, 3.8) is 0 Å². The minimum absolute atomic E-state index is 0.0634. The first-order valence-electron chi connectivity index (χ1n) is 7.90. The van der Waals surface area contributed by atoms with Crippen molar-refractivity contribution in [2.24, 2.45) is 11.7 Å². The van der Waals surface area contributed by atoms with E-state index in [0.717, 1.165) is 19.3 Å². The van der Waals surface area contributed by atoms with Crippen LogP contribution in [-0.4, -0.2) is 33.2 Å². The van der Waals surface area contributed by atoms with Gasteiger partial charge in [-0.2, -0.15) is 5.10 Å². The van der Waals surface area contributed by atoms with Crippen molar-refractivity contribution >= 4 is 11.6 Å². The molecule has 1 fully saturated rings. The third kappa shape index (κ3) is 3.13. The maximum absolute atomic E-state index is 12.4. The molecule has 1 saturated carbocycles. The third-order valence-corrected chi connectivity index (χ3v) is 4.43. The van der Waals surface area contributed by atoms with Gasteiger partial charge in [0.25, 0.3) is 11.6 Å². The molecule has 1 aliphatic rings. The third-order valence-electron chi connectivity index (χ3n) is 4.43. The van der Waals surface area contributed by atoms with E-state index in [2.05, 4.69) is 10.4 Å². The SMILES string of the molecule is NCC1CCCC1NC(=O)c1ccn(-c2ccccc2[N+](=O)[O-])n1. The first-order valence-corrected chi connectivity index (χ1v) is 7.90. The molecular formula is C16H19N5O3. The molecule has 0 spiro atoms. The predicted molar refractivity (Wildman–Crippen MR) is 87.9 cm³/mol. The molecular weight excluding hydrogens is 310 g/mol. The van der Waals surface area contributed by atoms with E-state index in [1.807, 2.05) is 0 Å². The van der Waals surface area contributed by atoms with Gasteiger partial charge in [0.2, 0.25) is 0 Å². The minimum Gasteiger partial charge on any atom is -0.348 e. The molecule has 2 atom stereocenters. The van der Waals surface area contributed by atoms with Crippen molar-refractivity contribution in [3.05, 3.63) is 52.3 Å². The molecule has 1 aromatic heterocycles. The molecule has 2 unspecified atom stereocenters. The Balaban J connectivity index is 1.78. The Morgan fingerprint density at radius 1 is 1.38 bits per heavy atom. The Kier molecular flexibility index (Phi) is 4.57. The number of hydrogen-bond donors (Lipinski definition) is 2. The van der Waals surface area contributed by atoms with E-state index in [0.29, 0.717) is 18.2 Å². The number of amides is 1. The lowest BCUT2D eigenvalue weighted by atomic mass is 10.0. The van der Waals surface area contributed by atoms with E-state index in [4.69, 9.17) is 5.73 Å². The van der Waals surface area contributed by atoms with E-state index in [-0.39, 0.29) is 23.3 Å². The fourth-order valence-corrected chi connectivity index (χ4v) is 3.14. The summed E-state index contributed by atoms with van der Waals surface area (Å²) in [5, 5.41) is 18.3. The molecule has 0 bridgehead atoms. The highest BCUT2D eigenvalue weighted by Crippen LogP contribution is 2.25. The molecule has 8 nitrogen and oxygen atoms in total. The number of nitrogens with two attached hydrogens (primary N) is 1. The molecule has 3 N–H and O–H groups in total. The maximum Gasteiger partial charge on any atom is 0.294 e. The van der Waals surface area contributed by atoms with Crippen LogP contribution in [0.3, 0.4) is 0 Å². The Labute approximate surface area is 138 Å². The number of rotatable bonds is 5. The lowest BCUT2D eigenvalue weighted by Crippen LogP contribution is -2.40. The van der Waals surface area contributed by atoms with Crippen molar-refractivity contribution in [3.8, 4) is 5.69 Å². The Bertz CT molecular complexity index is 758. The average Bonchev–Trinajstić information content (AvgIpc) is 3.23. The first kappa shape index (κ1) is 16.1. The van der Waals surface area contributed by atoms with Crippen LogP contribution in [0.1, 0.15) is 29.8 Å². The Hall–Kier alpha value is -2.74. The number of hydrogen-bond acceptors (Lipinski definition) is 5. The Morgan fingerprint density at radius 3 is 2.92 bits per heavy atom. The summed E-state index contributed by atoms with van der Waals surface area (Å²) in [6.45, 7) is 0.551. The lowest BCUT2D eigenvalue weighted by molar-refractivity contribution is -0.384. The summed E-state index contributed by atoms with van der Waals surface area (Å²) in [6.07, 6.45) is 4.54. The molecule has 2 aromatic rings. The standard InChI is InChI=1S/C16H19N5O3/c17-10-11-4-3-5-12(11)18-16(22)13-8-9-20(19-13)14-6-1-2-7-15(14)21(23)24/h1-2,6-9,11-12H,3-5,10,17H2,(H,18,22). The molecule has 0 aliphatic heterocycles. The molecule has 1 heterocycles. The van der Waals surface area contributed by atoms with Crippen LogP contribution in [0.4, 0.5) is 5.69 Å². The largest absolute Gasteiger partial charge is 0.348 e. The summed E-state index contributed by atoms with van der Waals surface area (Å²) in [4.78, 5) is 23.0. The van der Waals surface area contributed by atoms with Crippen molar-refractivity contribution < 1.29 is 9.72 Å². The second-order valence-electron chi connectivity index (χ2n) is 5.90. The van der Waals surface area contributed by atoms with Gasteiger partial charge in [-0.05, 0) is 37.4 Å². The fraction of sp³-hybridized carbons (Fsp3) is 0.375. The number of carbonyl (C=O) groups excluding carboxylic acids is 1. The number of nitro benzene ring substituents is 1. The van der Waals surface area contributed by atoms with Crippen molar-refractivity contribution in [2.45, 2.75) is 25.3 Å². The predicted octanol–water partition coefficient (Wildman–Crippen LogP) is 1.64. The topological polar surface area (TPSA) is 116 Å². The van der Waals surface area contributed by atoms with Crippen LogP contribution in [0.5, 0.6) is 0 Å². The van der Waals surface area contributed by atoms with Gasteiger partial charge >= 0.3 is 0 Å². The summed E-state index contributed by atoms with van der Waals surface area (Å²) >= 11 is 0. The highest BCUT2D eigenvalue weighted by atomic mass is 16.6. The molecule has 8 heteroatoms. The van der Waals surface area contributed by atoms with Crippen LogP contribution >= 0.6 is 0 Å². The number of nitrogens with zero attached hydrogens (tertiary/aromatic N) is 3. The first-order chi connectivity index (χ1) is 11.6. The highest BCUT2D eigenvalue weighted by Gasteiger charge is 2.28. The fourth-order valence-electron chi connectivity index (χ4n) is 3.14. The normalized spacial score (nSPS) is 20.0. The van der Waals surface area contributed by atoms with E-state index in [9.17, 15) is 14.9 Å². The molecule has 1 amide bonds. The van der Waals surface area contributed by atoms with E-state index < -0.39 is 4.92 Å². The smallest absolute Gasteiger partial charge is 0.294 e. The zero-order valence-electron chi connectivity index (χ0n) is 13.1. The number of benzene rings is 1. The quantitative estimate of drug-likeness (QED) is 0.639. The van der Waals surface area contributed by atoms with Gasteiger partial charge in [-0.15, -0.1) is 0 Å². The molecule has 126 valence electrons. The monoisotopic (exact) mass is 329 g/mol. The van der Waals surface area contributed by atoms with Crippen molar-refractivity contribution in [2.75, 3.05) is 6.54 Å². The zero-order valence-corrected chi connectivity index (χ0v) is 13.1. The average molecular weight is 329 g/mol. The second-order valence-corrected chi connectivity index (χ2v) is 5.90. The number of nitrogens with one attached hydrogen (secondary N) is 1. The maximum atomic E-state index is 12.4. The summed E-state index contributed by atoms with van der Waals surface area (Å²) in [5.41, 5.74) is 6.22. The van der Waals surface area contributed by atoms with Gasteiger partial charge in [0.15, 0.2) is 5.69 Å². The van der Waals surface area contributed by atoms with Gasteiger partial charge in [-0.25, -0.2) is 4.68 Å². The molecule has 1 aliphatic carbocycles. The van der Waals surface area contributed by atoms with Crippen LogP contribution in [0.2, 0.25) is 0 Å². The molecule has 24 heavy (non-hydrogen) atoms. The summed E-state index contributed by atoms with van der Waals surface area (Å²) in [7, 11) is 0. The zero-order chi connectivity index (χ0) is 17.1. The van der Waals surface area contributed by atoms with Crippen LogP contribution in [-0.2, 0) is 0 Å². The van der Waals surface area contributed by atoms with E-state index in [1.54, 1.807) is 30.5 Å². The van der Waals surface area contributed by atoms with Crippen molar-refractivity contribution in [1.82, 2.24) is 15.1 Å². The minimum atomic E-state index is -0.471. The summed E-state index contributed by atoms with van der Waals surface area (Å²) in [5.74, 6) is 0.0175. The molecule has 3 rings (SSSR count). The van der Waals surface area contributed by atoms with E-state index in [1.165, 1.54) is 10.7 Å². The number of nitro groups is 1. The molecule has 0 radical (unpaired) electrons. The highest BCUT2D eigenvalue weighted by molar-refractivity contribution is 5.92. The Morgan fingerprint density at radius 2 is 2.17 bits per heavy atom. The second kappa shape index (κ2) is 6.79. The number of para-hydroxylation sites is 2. The van der Waals surface area contributed by atoms with Crippen LogP contribution in [0.15, 0.2) is 36.5 Å². The van der Waals surface area contributed by atoms with Gasteiger partial charge < -0.3 is 11.1 Å². The molecule has 0 saturated heterocycles. The molecule has 1 aromatic carbocycles. The summed E-state index contributed by atoms with van der Waals surface area (Å²) < 4.78 is 1.35. The van der Waals surface area contributed by atoms with Gasteiger partial charge in [-0.1, -0.05) is 18.6 Å². The summed E-state index contributed by atoms with van der Waals surface area (Å²) in [6, 6.07) is 7.90. The van der Waals surface area contributed by atoms with Gasteiger partial charge in [-0.3, -0.25) is 14.9 Å². The van der Waals surface area contributed by atoms with Gasteiger partial charge in [0.1, 0.15) is 5.69 Å². The lowest BCUT2D eigenvalue weighted by Gasteiger charge is -2.18.